The molecule has 1 N–H and O–H groups in total. The molecule has 5 nitrogen and oxygen atoms in total. The summed E-state index contributed by atoms with van der Waals surface area (Å²) >= 11 is 0. The van der Waals surface area contributed by atoms with Gasteiger partial charge in [-0.3, -0.25) is 0 Å². The zero-order valence-corrected chi connectivity index (χ0v) is 11.3. The van der Waals surface area contributed by atoms with Crippen molar-refractivity contribution in [1.82, 2.24) is 25.5 Å². The molecule has 0 aliphatic rings. The second-order valence-electron chi connectivity index (χ2n) is 4.66. The molecular weight excluding hydrogens is 238 g/mol. The number of rotatable bonds is 6. The summed E-state index contributed by atoms with van der Waals surface area (Å²) < 4.78 is 1.66. The van der Waals surface area contributed by atoms with Crippen LogP contribution in [0, 0.1) is 0 Å². The lowest BCUT2D eigenvalue weighted by Crippen LogP contribution is -2.28. The van der Waals surface area contributed by atoms with Crippen LogP contribution in [0.4, 0.5) is 0 Å². The lowest BCUT2D eigenvalue weighted by molar-refractivity contribution is 0.482. The van der Waals surface area contributed by atoms with E-state index in [2.05, 4.69) is 53.4 Å². The van der Waals surface area contributed by atoms with Crippen molar-refractivity contribution >= 4 is 0 Å². The molecule has 2 unspecified atom stereocenters. The van der Waals surface area contributed by atoms with Crippen LogP contribution >= 0.6 is 0 Å². The number of hydrogen-bond acceptors (Lipinski definition) is 4. The normalized spacial score (nSPS) is 14.0. The van der Waals surface area contributed by atoms with Crippen LogP contribution in [-0.2, 0) is 0 Å². The number of nitrogens with zero attached hydrogens (tertiary/aromatic N) is 4. The van der Waals surface area contributed by atoms with E-state index in [4.69, 9.17) is 0 Å². The van der Waals surface area contributed by atoms with E-state index in [0.717, 1.165) is 12.1 Å². The highest BCUT2D eigenvalue weighted by Gasteiger charge is 2.09. The van der Waals surface area contributed by atoms with Gasteiger partial charge in [-0.25, -0.2) is 4.68 Å². The number of nitrogens with one attached hydrogen (secondary N) is 1. The minimum absolute atomic E-state index is 0.270. The Morgan fingerprint density at radius 2 is 2.26 bits per heavy atom. The third-order valence-electron chi connectivity index (χ3n) is 3.04. The van der Waals surface area contributed by atoms with E-state index in [1.807, 2.05) is 18.2 Å². The van der Waals surface area contributed by atoms with Crippen molar-refractivity contribution in [1.29, 1.82) is 0 Å². The van der Waals surface area contributed by atoms with Gasteiger partial charge in [0.15, 0.2) is 0 Å². The molecule has 1 heterocycles. The fraction of sp³-hybridized carbons (Fsp3) is 0.357. The third-order valence-corrected chi connectivity index (χ3v) is 3.04. The molecule has 0 saturated heterocycles. The van der Waals surface area contributed by atoms with Crippen LogP contribution < -0.4 is 5.32 Å². The monoisotopic (exact) mass is 257 g/mol. The third kappa shape index (κ3) is 3.48. The second-order valence-corrected chi connectivity index (χ2v) is 4.66. The van der Waals surface area contributed by atoms with E-state index in [-0.39, 0.29) is 6.04 Å². The molecule has 2 aromatic rings. The Morgan fingerprint density at radius 3 is 2.95 bits per heavy atom. The lowest BCUT2D eigenvalue weighted by atomic mass is 10.1. The summed E-state index contributed by atoms with van der Waals surface area (Å²) in [6.45, 7) is 8.07. The van der Waals surface area contributed by atoms with Crippen LogP contribution in [0.2, 0.25) is 0 Å². The Kier molecular flexibility index (Phi) is 4.41. The molecule has 19 heavy (non-hydrogen) atoms. The minimum Gasteiger partial charge on any atom is -0.307 e. The predicted octanol–water partition coefficient (Wildman–Crippen LogP) is 2.28. The molecule has 2 rings (SSSR count). The summed E-state index contributed by atoms with van der Waals surface area (Å²) in [5.41, 5.74) is 2.18. The smallest absolute Gasteiger partial charge is 0.143 e. The summed E-state index contributed by atoms with van der Waals surface area (Å²) in [6.07, 6.45) is 4.48. The van der Waals surface area contributed by atoms with Gasteiger partial charge in [0.05, 0.1) is 5.69 Å². The quantitative estimate of drug-likeness (QED) is 0.807. The van der Waals surface area contributed by atoms with Crippen molar-refractivity contribution < 1.29 is 0 Å². The molecule has 0 radical (unpaired) electrons. The zero-order valence-electron chi connectivity index (χ0n) is 11.3. The standard InChI is InChI=1S/C14H19N5/c1-4-6-11(2)16-12(3)13-7-5-8-14(9-13)19-10-15-17-18-19/h4-5,7-12,16H,1,6H2,2-3H3. The summed E-state index contributed by atoms with van der Waals surface area (Å²) in [5.74, 6) is 0. The van der Waals surface area contributed by atoms with E-state index < -0.39 is 0 Å². The Bertz CT molecular complexity index is 520. The number of hydrogen-bond donors (Lipinski definition) is 1. The van der Waals surface area contributed by atoms with Gasteiger partial charge < -0.3 is 5.32 Å². The van der Waals surface area contributed by atoms with Crippen LogP contribution in [0.5, 0.6) is 0 Å². The molecule has 1 aromatic heterocycles. The summed E-state index contributed by atoms with van der Waals surface area (Å²) in [4.78, 5) is 0. The largest absolute Gasteiger partial charge is 0.307 e. The SMILES string of the molecule is C=CCC(C)NC(C)c1cccc(-n2cnnn2)c1. The molecule has 0 amide bonds. The molecule has 0 spiro atoms. The molecule has 1 aromatic carbocycles. The van der Waals surface area contributed by atoms with Gasteiger partial charge in [-0.2, -0.15) is 0 Å². The fourth-order valence-electron chi connectivity index (χ4n) is 2.06. The number of aromatic nitrogens is 4. The van der Waals surface area contributed by atoms with Gasteiger partial charge in [0.2, 0.25) is 0 Å². The predicted molar refractivity (Wildman–Crippen MR) is 75.0 cm³/mol. The van der Waals surface area contributed by atoms with Crippen molar-refractivity contribution in [3.8, 4) is 5.69 Å². The van der Waals surface area contributed by atoms with Crippen molar-refractivity contribution in [2.75, 3.05) is 0 Å². The maximum absolute atomic E-state index is 3.90. The van der Waals surface area contributed by atoms with Crippen LogP contribution in [-0.4, -0.2) is 26.2 Å². The minimum atomic E-state index is 0.270. The molecule has 100 valence electrons. The number of benzene rings is 1. The van der Waals surface area contributed by atoms with E-state index in [1.165, 1.54) is 5.56 Å². The van der Waals surface area contributed by atoms with Gasteiger partial charge >= 0.3 is 0 Å². The Labute approximate surface area is 113 Å². The van der Waals surface area contributed by atoms with E-state index in [9.17, 15) is 0 Å². The molecule has 5 heteroatoms. The van der Waals surface area contributed by atoms with Gasteiger partial charge in [0, 0.05) is 12.1 Å². The fourth-order valence-corrected chi connectivity index (χ4v) is 2.06. The van der Waals surface area contributed by atoms with Crippen LogP contribution in [0.3, 0.4) is 0 Å². The van der Waals surface area contributed by atoms with Gasteiger partial charge in [0.1, 0.15) is 6.33 Å². The van der Waals surface area contributed by atoms with Crippen molar-refractivity contribution in [3.05, 3.63) is 48.8 Å². The molecule has 2 atom stereocenters. The Hall–Kier alpha value is -2.01. The maximum atomic E-state index is 3.90. The Balaban J connectivity index is 2.12. The van der Waals surface area contributed by atoms with Crippen LogP contribution in [0.1, 0.15) is 31.9 Å². The zero-order chi connectivity index (χ0) is 13.7. The average Bonchev–Trinajstić information content (AvgIpc) is 2.93. The van der Waals surface area contributed by atoms with E-state index in [1.54, 1.807) is 11.0 Å². The molecule has 0 bridgehead atoms. The lowest BCUT2D eigenvalue weighted by Gasteiger charge is -2.19. The van der Waals surface area contributed by atoms with Gasteiger partial charge in [-0.1, -0.05) is 18.2 Å². The average molecular weight is 257 g/mol. The second kappa shape index (κ2) is 6.24. The van der Waals surface area contributed by atoms with Gasteiger partial charge in [-0.05, 0) is 48.4 Å². The molecule has 0 saturated carbocycles. The van der Waals surface area contributed by atoms with E-state index >= 15 is 0 Å². The topological polar surface area (TPSA) is 55.6 Å². The molecule has 0 fully saturated rings. The van der Waals surface area contributed by atoms with E-state index in [0.29, 0.717) is 6.04 Å². The van der Waals surface area contributed by atoms with Crippen molar-refractivity contribution in [3.63, 3.8) is 0 Å². The van der Waals surface area contributed by atoms with Crippen molar-refractivity contribution in [2.24, 2.45) is 0 Å². The molecule has 0 aliphatic carbocycles. The maximum Gasteiger partial charge on any atom is 0.143 e. The molecular formula is C14H19N5. The highest BCUT2D eigenvalue weighted by molar-refractivity contribution is 5.35. The first-order valence-corrected chi connectivity index (χ1v) is 6.41. The summed E-state index contributed by atoms with van der Waals surface area (Å²) in [6, 6.07) is 8.87. The molecule has 0 aliphatic heterocycles. The highest BCUT2D eigenvalue weighted by atomic mass is 15.5. The highest BCUT2D eigenvalue weighted by Crippen LogP contribution is 2.17. The van der Waals surface area contributed by atoms with Gasteiger partial charge in [-0.15, -0.1) is 11.7 Å². The van der Waals surface area contributed by atoms with Crippen LogP contribution in [0.15, 0.2) is 43.2 Å². The first-order chi connectivity index (χ1) is 9.20. The Morgan fingerprint density at radius 1 is 1.42 bits per heavy atom. The van der Waals surface area contributed by atoms with Crippen molar-refractivity contribution in [2.45, 2.75) is 32.4 Å². The summed E-state index contributed by atoms with van der Waals surface area (Å²) in [7, 11) is 0. The first kappa shape index (κ1) is 13.4. The van der Waals surface area contributed by atoms with Gasteiger partial charge in [0.25, 0.3) is 0 Å². The van der Waals surface area contributed by atoms with Crippen LogP contribution in [0.25, 0.3) is 5.69 Å². The first-order valence-electron chi connectivity index (χ1n) is 6.41. The summed E-state index contributed by atoms with van der Waals surface area (Å²) in [5, 5.41) is 14.7. The number of tetrazole rings is 1.